The van der Waals surface area contributed by atoms with Gasteiger partial charge in [0.15, 0.2) is 5.82 Å². The van der Waals surface area contributed by atoms with E-state index in [0.29, 0.717) is 12.0 Å². The van der Waals surface area contributed by atoms with Crippen molar-refractivity contribution in [3.8, 4) is 22.8 Å². The molecule has 1 aliphatic heterocycles. The van der Waals surface area contributed by atoms with Crippen LogP contribution in [0.2, 0.25) is 0 Å². The molecule has 4 heterocycles. The van der Waals surface area contributed by atoms with Crippen molar-refractivity contribution in [2.75, 3.05) is 13.1 Å². The number of H-pyrrole nitrogens is 2. The molecule has 1 fully saturated rings. The van der Waals surface area contributed by atoms with Gasteiger partial charge >= 0.3 is 0 Å². The number of hydrogen-bond donors (Lipinski definition) is 2. The highest BCUT2D eigenvalue weighted by molar-refractivity contribution is 5.84. The summed E-state index contributed by atoms with van der Waals surface area (Å²) in [6.07, 6.45) is 6.25. The highest BCUT2D eigenvalue weighted by Crippen LogP contribution is 2.45. The Bertz CT molecular complexity index is 1650. The average molecular weight is 507 g/mol. The fourth-order valence-corrected chi connectivity index (χ4v) is 6.17. The van der Waals surface area contributed by atoms with Crippen molar-refractivity contribution < 1.29 is 0 Å². The van der Waals surface area contributed by atoms with Crippen LogP contribution < -0.4 is 0 Å². The van der Waals surface area contributed by atoms with E-state index >= 15 is 0 Å². The molecule has 0 saturated heterocycles. The molecule has 7 rings (SSSR count). The SMILES string of the molecule is CCN1CCc2[nH]c(-c3ccc(-c4nc(Cc5ccc6[nH]ncc6c5C5CC5)n(C)n4)cc3C)nc2C1C. The summed E-state index contributed by atoms with van der Waals surface area (Å²) in [5.41, 5.74) is 9.66. The predicted octanol–water partition coefficient (Wildman–Crippen LogP) is 5.46. The van der Waals surface area contributed by atoms with Gasteiger partial charge in [0, 0.05) is 48.6 Å². The Kier molecular flexibility index (Phi) is 5.47. The van der Waals surface area contributed by atoms with Gasteiger partial charge in [-0.15, -0.1) is 0 Å². The first-order valence-corrected chi connectivity index (χ1v) is 13.8. The van der Waals surface area contributed by atoms with Crippen LogP contribution in [0, 0.1) is 6.92 Å². The van der Waals surface area contributed by atoms with Crippen molar-refractivity contribution in [3.63, 3.8) is 0 Å². The Labute approximate surface area is 222 Å². The van der Waals surface area contributed by atoms with Gasteiger partial charge in [-0.3, -0.25) is 14.7 Å². The molecule has 0 radical (unpaired) electrons. The molecule has 38 heavy (non-hydrogen) atoms. The van der Waals surface area contributed by atoms with Crippen LogP contribution in [0.1, 0.15) is 72.6 Å². The third kappa shape index (κ3) is 3.86. The Morgan fingerprint density at radius 1 is 1.11 bits per heavy atom. The second kappa shape index (κ2) is 8.91. The number of aromatic nitrogens is 7. The van der Waals surface area contributed by atoms with Gasteiger partial charge in [0.2, 0.25) is 0 Å². The normalized spacial score (nSPS) is 17.8. The van der Waals surface area contributed by atoms with E-state index in [4.69, 9.17) is 15.1 Å². The van der Waals surface area contributed by atoms with Crippen molar-refractivity contribution in [2.24, 2.45) is 7.05 Å². The molecule has 0 spiro atoms. The topological polar surface area (TPSA) is 91.3 Å². The molecule has 1 atom stereocenters. The van der Waals surface area contributed by atoms with Gasteiger partial charge in [-0.1, -0.05) is 25.1 Å². The Morgan fingerprint density at radius 2 is 1.97 bits per heavy atom. The maximum atomic E-state index is 5.03. The van der Waals surface area contributed by atoms with E-state index in [0.717, 1.165) is 60.0 Å². The van der Waals surface area contributed by atoms with Crippen LogP contribution in [0.5, 0.6) is 0 Å². The fraction of sp³-hybridized carbons (Fsp3) is 0.400. The molecule has 0 bridgehead atoms. The fourth-order valence-electron chi connectivity index (χ4n) is 6.17. The number of fused-ring (bicyclic) bond motifs is 2. The van der Waals surface area contributed by atoms with Crippen molar-refractivity contribution in [3.05, 3.63) is 70.4 Å². The molecular formula is C30H34N8. The van der Waals surface area contributed by atoms with Crippen LogP contribution in [0.15, 0.2) is 36.5 Å². The number of likely N-dealkylation sites (N-methyl/N-ethyl adjacent to an activating group) is 1. The van der Waals surface area contributed by atoms with Crippen molar-refractivity contribution >= 4 is 10.9 Å². The molecule has 2 N–H and O–H groups in total. The Morgan fingerprint density at radius 3 is 2.76 bits per heavy atom. The molecule has 0 amide bonds. The lowest BCUT2D eigenvalue weighted by Crippen LogP contribution is -2.33. The lowest BCUT2D eigenvalue weighted by Gasteiger charge is -2.31. The third-order valence-electron chi connectivity index (χ3n) is 8.49. The van der Waals surface area contributed by atoms with Crippen molar-refractivity contribution in [1.29, 1.82) is 0 Å². The molecule has 2 aliphatic rings. The van der Waals surface area contributed by atoms with Crippen molar-refractivity contribution in [2.45, 2.75) is 58.4 Å². The molecule has 1 aliphatic carbocycles. The predicted molar refractivity (Wildman–Crippen MR) is 149 cm³/mol. The third-order valence-corrected chi connectivity index (χ3v) is 8.49. The summed E-state index contributed by atoms with van der Waals surface area (Å²) in [4.78, 5) is 16.1. The molecule has 1 unspecified atom stereocenters. The van der Waals surface area contributed by atoms with Crippen LogP contribution in [-0.4, -0.2) is 52.9 Å². The summed E-state index contributed by atoms with van der Waals surface area (Å²) >= 11 is 0. The minimum atomic E-state index is 0.346. The maximum absolute atomic E-state index is 5.03. The molecule has 5 aromatic rings. The van der Waals surface area contributed by atoms with Crippen LogP contribution in [0.3, 0.4) is 0 Å². The molecule has 3 aromatic heterocycles. The molecule has 1 saturated carbocycles. The molecular weight excluding hydrogens is 472 g/mol. The van der Waals surface area contributed by atoms with Crippen LogP contribution >= 0.6 is 0 Å². The van der Waals surface area contributed by atoms with Gasteiger partial charge in [0.25, 0.3) is 0 Å². The van der Waals surface area contributed by atoms with Gasteiger partial charge in [0.05, 0.1) is 23.4 Å². The molecule has 2 aromatic carbocycles. The summed E-state index contributed by atoms with van der Waals surface area (Å²) < 4.78 is 1.93. The van der Waals surface area contributed by atoms with Gasteiger partial charge in [-0.2, -0.15) is 10.2 Å². The second-order valence-corrected chi connectivity index (χ2v) is 10.9. The summed E-state index contributed by atoms with van der Waals surface area (Å²) in [7, 11) is 1.99. The zero-order valence-corrected chi connectivity index (χ0v) is 22.5. The van der Waals surface area contributed by atoms with E-state index in [1.165, 1.54) is 46.3 Å². The van der Waals surface area contributed by atoms with E-state index < -0.39 is 0 Å². The maximum Gasteiger partial charge on any atom is 0.181 e. The highest BCUT2D eigenvalue weighted by atomic mass is 15.3. The average Bonchev–Trinajstić information content (AvgIpc) is 3.29. The first-order valence-electron chi connectivity index (χ1n) is 13.8. The first kappa shape index (κ1) is 23.3. The van der Waals surface area contributed by atoms with Crippen LogP contribution in [-0.2, 0) is 19.9 Å². The lowest BCUT2D eigenvalue weighted by atomic mass is 9.96. The van der Waals surface area contributed by atoms with Gasteiger partial charge < -0.3 is 4.98 Å². The van der Waals surface area contributed by atoms with E-state index in [1.807, 2.05) is 17.9 Å². The number of nitrogens with one attached hydrogen (secondary N) is 2. The highest BCUT2D eigenvalue weighted by Gasteiger charge is 2.29. The van der Waals surface area contributed by atoms with E-state index in [9.17, 15) is 0 Å². The Balaban J connectivity index is 1.17. The van der Waals surface area contributed by atoms with Gasteiger partial charge in [-0.05, 0) is 68.0 Å². The molecule has 194 valence electrons. The first-order chi connectivity index (χ1) is 18.5. The monoisotopic (exact) mass is 506 g/mol. The van der Waals surface area contributed by atoms with Crippen LogP contribution in [0.4, 0.5) is 0 Å². The van der Waals surface area contributed by atoms with E-state index in [1.54, 1.807) is 0 Å². The minimum absolute atomic E-state index is 0.346. The van der Waals surface area contributed by atoms with Gasteiger partial charge in [-0.25, -0.2) is 9.97 Å². The number of hydrogen-bond acceptors (Lipinski definition) is 5. The Hall–Kier alpha value is -3.78. The number of benzene rings is 2. The minimum Gasteiger partial charge on any atom is -0.342 e. The molecule has 8 heteroatoms. The van der Waals surface area contributed by atoms with E-state index in [-0.39, 0.29) is 0 Å². The number of aryl methyl sites for hydroxylation is 2. The lowest BCUT2D eigenvalue weighted by molar-refractivity contribution is 0.205. The number of rotatable bonds is 6. The van der Waals surface area contributed by atoms with Crippen LogP contribution in [0.25, 0.3) is 33.7 Å². The zero-order chi connectivity index (χ0) is 26.0. The molecule has 8 nitrogen and oxygen atoms in total. The summed E-state index contributed by atoms with van der Waals surface area (Å²) in [5, 5.41) is 13.4. The standard InChI is InChI=1S/C30H34N8/c1-5-38-13-12-25-28(18(38)3)34-30(32-25)22-10-8-21(14-17(22)2)29-33-26(37(4)36-29)15-20-9-11-24-23(16-31-35-24)27(20)19-6-7-19/h8-11,14,16,18-19H,5-7,12-13,15H2,1-4H3,(H,31,35)(H,32,34). The zero-order valence-electron chi connectivity index (χ0n) is 22.5. The summed E-state index contributed by atoms with van der Waals surface area (Å²) in [6, 6.07) is 11.2. The second-order valence-electron chi connectivity index (χ2n) is 10.9. The smallest absolute Gasteiger partial charge is 0.181 e. The van der Waals surface area contributed by atoms with Crippen molar-refractivity contribution in [1.82, 2.24) is 39.8 Å². The van der Waals surface area contributed by atoms with Gasteiger partial charge in [0.1, 0.15) is 11.6 Å². The quantitative estimate of drug-likeness (QED) is 0.319. The summed E-state index contributed by atoms with van der Waals surface area (Å²) in [6.45, 7) is 8.76. The van der Waals surface area contributed by atoms with E-state index in [2.05, 4.69) is 71.2 Å². The number of imidazole rings is 1. The number of nitrogens with zero attached hydrogens (tertiary/aromatic N) is 6. The summed E-state index contributed by atoms with van der Waals surface area (Å²) in [5.74, 6) is 3.33. The number of aromatic amines is 2. The largest absolute Gasteiger partial charge is 0.342 e.